The Hall–Kier alpha value is -1.29. The molecule has 4 heteroatoms. The van der Waals surface area contributed by atoms with Crippen LogP contribution in [0.2, 0.25) is 0 Å². The SMILES string of the molecule is CCCN1CCC/C(C(=O)O)=C\c2cc(Br)ccc21. The van der Waals surface area contributed by atoms with Gasteiger partial charge in [0.1, 0.15) is 0 Å². The Morgan fingerprint density at radius 3 is 2.95 bits per heavy atom. The molecule has 1 aromatic carbocycles. The number of halogens is 1. The van der Waals surface area contributed by atoms with E-state index in [4.69, 9.17) is 0 Å². The zero-order valence-corrected chi connectivity index (χ0v) is 12.6. The smallest absolute Gasteiger partial charge is 0.331 e. The normalized spacial score (nSPS) is 18.0. The average Bonchev–Trinajstić information content (AvgIpc) is 2.34. The van der Waals surface area contributed by atoms with Crippen LogP contribution in [0.25, 0.3) is 6.08 Å². The topological polar surface area (TPSA) is 40.5 Å². The molecule has 0 fully saturated rings. The van der Waals surface area contributed by atoms with E-state index in [1.807, 2.05) is 18.2 Å². The summed E-state index contributed by atoms with van der Waals surface area (Å²) in [6.45, 7) is 4.08. The van der Waals surface area contributed by atoms with E-state index in [1.165, 1.54) is 0 Å². The van der Waals surface area contributed by atoms with E-state index in [9.17, 15) is 9.90 Å². The summed E-state index contributed by atoms with van der Waals surface area (Å²) in [5.41, 5.74) is 2.61. The highest BCUT2D eigenvalue weighted by molar-refractivity contribution is 9.10. The highest BCUT2D eigenvalue weighted by Gasteiger charge is 2.16. The fourth-order valence-corrected chi connectivity index (χ4v) is 2.82. The van der Waals surface area contributed by atoms with Crippen molar-refractivity contribution in [1.29, 1.82) is 0 Å². The Bertz CT molecular complexity index is 511. The lowest BCUT2D eigenvalue weighted by Gasteiger charge is -2.28. The van der Waals surface area contributed by atoms with Crippen molar-refractivity contribution in [1.82, 2.24) is 0 Å². The van der Waals surface area contributed by atoms with Crippen molar-refractivity contribution in [3.05, 3.63) is 33.8 Å². The van der Waals surface area contributed by atoms with Crippen LogP contribution in [0.3, 0.4) is 0 Å². The van der Waals surface area contributed by atoms with Crippen LogP contribution in [0.5, 0.6) is 0 Å². The molecule has 0 bridgehead atoms. The van der Waals surface area contributed by atoms with Gasteiger partial charge < -0.3 is 10.0 Å². The summed E-state index contributed by atoms with van der Waals surface area (Å²) in [5, 5.41) is 9.23. The van der Waals surface area contributed by atoms with Crippen molar-refractivity contribution in [2.24, 2.45) is 0 Å². The minimum atomic E-state index is -0.810. The lowest BCUT2D eigenvalue weighted by Crippen LogP contribution is -2.27. The average molecular weight is 324 g/mol. The van der Waals surface area contributed by atoms with Gasteiger partial charge in [-0.05, 0) is 49.1 Å². The zero-order valence-electron chi connectivity index (χ0n) is 11.0. The van der Waals surface area contributed by atoms with Crippen molar-refractivity contribution in [2.75, 3.05) is 18.0 Å². The van der Waals surface area contributed by atoms with E-state index in [0.29, 0.717) is 12.0 Å². The fourth-order valence-electron chi connectivity index (χ4n) is 2.44. The molecule has 102 valence electrons. The molecule has 2 rings (SSSR count). The van der Waals surface area contributed by atoms with E-state index >= 15 is 0 Å². The van der Waals surface area contributed by atoms with Crippen LogP contribution in [0.15, 0.2) is 28.2 Å². The van der Waals surface area contributed by atoms with E-state index in [0.717, 1.165) is 41.7 Å². The van der Waals surface area contributed by atoms with Gasteiger partial charge in [-0.15, -0.1) is 0 Å². The molecular formula is C15H18BrNO2. The number of hydrogen-bond donors (Lipinski definition) is 1. The van der Waals surface area contributed by atoms with Gasteiger partial charge in [0.25, 0.3) is 0 Å². The number of nitrogens with zero attached hydrogens (tertiary/aromatic N) is 1. The molecule has 19 heavy (non-hydrogen) atoms. The molecule has 0 aliphatic carbocycles. The highest BCUT2D eigenvalue weighted by Crippen LogP contribution is 2.30. The molecule has 0 atom stereocenters. The van der Waals surface area contributed by atoms with Crippen LogP contribution in [0, 0.1) is 0 Å². The zero-order chi connectivity index (χ0) is 13.8. The number of aliphatic carboxylic acids is 1. The number of anilines is 1. The summed E-state index contributed by atoms with van der Waals surface area (Å²) < 4.78 is 0.976. The Kier molecular flexibility index (Phi) is 4.64. The van der Waals surface area contributed by atoms with E-state index < -0.39 is 5.97 Å². The predicted octanol–water partition coefficient (Wildman–Crippen LogP) is 3.93. The number of fused-ring (bicyclic) bond motifs is 1. The van der Waals surface area contributed by atoms with Gasteiger partial charge in [-0.25, -0.2) is 4.79 Å². The molecule has 1 aliphatic rings. The van der Waals surface area contributed by atoms with Crippen LogP contribution < -0.4 is 4.90 Å². The maximum Gasteiger partial charge on any atom is 0.331 e. The van der Waals surface area contributed by atoms with E-state index in [2.05, 4.69) is 33.8 Å². The molecule has 0 amide bonds. The highest BCUT2D eigenvalue weighted by atomic mass is 79.9. The molecule has 0 saturated heterocycles. The molecule has 1 N–H and O–H groups in total. The molecule has 1 heterocycles. The third-order valence-corrected chi connectivity index (χ3v) is 3.80. The second-order valence-corrected chi connectivity index (χ2v) is 5.68. The van der Waals surface area contributed by atoms with Crippen LogP contribution in [-0.4, -0.2) is 24.2 Å². The third kappa shape index (κ3) is 3.38. The number of carboxylic acid groups (broad SMARTS) is 1. The standard InChI is InChI=1S/C15H18BrNO2/c1-2-7-17-8-3-4-11(15(18)19)9-12-10-13(16)5-6-14(12)17/h5-6,9-10H,2-4,7-8H2,1H3,(H,18,19)/b11-9+. The predicted molar refractivity (Wildman–Crippen MR) is 81.5 cm³/mol. The minimum absolute atomic E-state index is 0.496. The molecule has 3 nitrogen and oxygen atoms in total. The largest absolute Gasteiger partial charge is 0.478 e. The Balaban J connectivity index is 2.48. The summed E-state index contributed by atoms with van der Waals surface area (Å²) >= 11 is 3.46. The summed E-state index contributed by atoms with van der Waals surface area (Å²) in [6, 6.07) is 6.07. The number of benzene rings is 1. The Morgan fingerprint density at radius 2 is 2.26 bits per heavy atom. The van der Waals surface area contributed by atoms with Crippen molar-refractivity contribution in [3.8, 4) is 0 Å². The lowest BCUT2D eigenvalue weighted by atomic mass is 10.0. The Labute approximate surface area is 122 Å². The van der Waals surface area contributed by atoms with Crippen LogP contribution in [0.4, 0.5) is 5.69 Å². The third-order valence-electron chi connectivity index (χ3n) is 3.30. The minimum Gasteiger partial charge on any atom is -0.478 e. The van der Waals surface area contributed by atoms with Gasteiger partial charge >= 0.3 is 5.97 Å². The first-order valence-corrected chi connectivity index (χ1v) is 7.39. The summed E-state index contributed by atoms with van der Waals surface area (Å²) in [5.74, 6) is -0.810. The van der Waals surface area contributed by atoms with Gasteiger partial charge in [0, 0.05) is 28.8 Å². The lowest BCUT2D eigenvalue weighted by molar-refractivity contribution is -0.132. The molecule has 0 radical (unpaired) electrons. The molecule has 0 spiro atoms. The Morgan fingerprint density at radius 1 is 1.47 bits per heavy atom. The fraction of sp³-hybridized carbons (Fsp3) is 0.400. The number of carbonyl (C=O) groups is 1. The quantitative estimate of drug-likeness (QED) is 0.916. The van der Waals surface area contributed by atoms with Gasteiger partial charge in [-0.2, -0.15) is 0 Å². The van der Waals surface area contributed by atoms with Gasteiger partial charge in [0.15, 0.2) is 0 Å². The number of rotatable bonds is 3. The van der Waals surface area contributed by atoms with Crippen LogP contribution in [0.1, 0.15) is 31.7 Å². The maximum absolute atomic E-state index is 11.2. The molecule has 0 saturated carbocycles. The first kappa shape index (κ1) is 14.1. The van der Waals surface area contributed by atoms with Gasteiger partial charge in [-0.1, -0.05) is 22.9 Å². The van der Waals surface area contributed by atoms with Gasteiger partial charge in [-0.3, -0.25) is 0 Å². The summed E-state index contributed by atoms with van der Waals surface area (Å²) in [4.78, 5) is 13.6. The number of hydrogen-bond acceptors (Lipinski definition) is 2. The van der Waals surface area contributed by atoms with Gasteiger partial charge in [0.05, 0.1) is 0 Å². The molecule has 0 aromatic heterocycles. The van der Waals surface area contributed by atoms with E-state index in [1.54, 1.807) is 0 Å². The molecule has 1 aromatic rings. The molecular weight excluding hydrogens is 306 g/mol. The number of carboxylic acids is 1. The maximum atomic E-state index is 11.2. The van der Waals surface area contributed by atoms with Crippen LogP contribution >= 0.6 is 15.9 Å². The second-order valence-electron chi connectivity index (χ2n) is 4.77. The van der Waals surface area contributed by atoms with E-state index in [-0.39, 0.29) is 0 Å². The van der Waals surface area contributed by atoms with Crippen molar-refractivity contribution in [3.63, 3.8) is 0 Å². The first-order valence-electron chi connectivity index (χ1n) is 6.60. The monoisotopic (exact) mass is 323 g/mol. The van der Waals surface area contributed by atoms with Crippen LogP contribution in [-0.2, 0) is 4.79 Å². The molecule has 0 unspecified atom stereocenters. The van der Waals surface area contributed by atoms with Gasteiger partial charge in [0.2, 0.25) is 0 Å². The van der Waals surface area contributed by atoms with Crippen molar-refractivity contribution >= 4 is 33.7 Å². The second kappa shape index (κ2) is 6.24. The van der Waals surface area contributed by atoms with Crippen molar-refractivity contribution in [2.45, 2.75) is 26.2 Å². The summed E-state index contributed by atoms with van der Waals surface area (Å²) in [6.07, 6.45) is 4.41. The first-order chi connectivity index (χ1) is 9.11. The summed E-state index contributed by atoms with van der Waals surface area (Å²) in [7, 11) is 0. The van der Waals surface area contributed by atoms with Crippen molar-refractivity contribution < 1.29 is 9.90 Å². The molecule has 1 aliphatic heterocycles.